The highest BCUT2D eigenvalue weighted by atomic mass is 16.3. The molecule has 0 bridgehead atoms. The van der Waals surface area contributed by atoms with Gasteiger partial charge in [0.2, 0.25) is 0 Å². The van der Waals surface area contributed by atoms with Gasteiger partial charge < -0.3 is 10.2 Å². The van der Waals surface area contributed by atoms with Crippen molar-refractivity contribution in [2.45, 2.75) is 112 Å². The van der Waals surface area contributed by atoms with Crippen LogP contribution in [0.5, 0.6) is 0 Å². The summed E-state index contributed by atoms with van der Waals surface area (Å²) in [6, 6.07) is 0. The molecule has 0 amide bonds. The fourth-order valence-electron chi connectivity index (χ4n) is 11.2. The number of allylic oxidation sites excluding steroid dienone is 2. The van der Waals surface area contributed by atoms with E-state index < -0.39 is 0 Å². The van der Waals surface area contributed by atoms with E-state index in [1.165, 1.54) is 44.9 Å². The average Bonchev–Trinajstić information content (AvgIpc) is 3.32. The maximum atomic E-state index is 12.6. The Labute approximate surface area is 201 Å². The molecule has 2 N–H and O–H groups in total. The van der Waals surface area contributed by atoms with E-state index in [1.54, 1.807) is 0 Å². The van der Waals surface area contributed by atoms with Gasteiger partial charge in [-0.1, -0.05) is 33.3 Å². The van der Waals surface area contributed by atoms with Crippen LogP contribution in [0.15, 0.2) is 11.6 Å². The Morgan fingerprint density at radius 3 is 2.27 bits per heavy atom. The number of fused-ring (bicyclic) bond motifs is 2. The second-order valence-corrected chi connectivity index (χ2v) is 14.2. The quantitative estimate of drug-likeness (QED) is 0.476. The maximum absolute atomic E-state index is 12.6. The van der Waals surface area contributed by atoms with Crippen molar-refractivity contribution >= 4 is 5.78 Å². The third-order valence-electron chi connectivity index (χ3n) is 13.0. The van der Waals surface area contributed by atoms with Crippen LogP contribution in [-0.4, -0.2) is 28.7 Å². The van der Waals surface area contributed by atoms with Gasteiger partial charge in [0.15, 0.2) is 5.78 Å². The summed E-state index contributed by atoms with van der Waals surface area (Å²) in [4.78, 5) is 12.6. The minimum atomic E-state index is -0.355. The summed E-state index contributed by atoms with van der Waals surface area (Å²) in [5.41, 5.74) is 2.25. The summed E-state index contributed by atoms with van der Waals surface area (Å²) in [5.74, 6) is 2.63. The molecular formula is C30H48O3. The minimum Gasteiger partial charge on any atom is -0.396 e. The molecule has 0 aromatic rings. The first kappa shape index (κ1) is 24.0. The molecule has 5 aliphatic carbocycles. The molecule has 0 unspecified atom stereocenters. The van der Waals surface area contributed by atoms with Gasteiger partial charge in [0.1, 0.15) is 0 Å². The molecule has 33 heavy (non-hydrogen) atoms. The number of carbonyl (C=O) groups excluding carboxylic acids is 1. The van der Waals surface area contributed by atoms with Crippen molar-refractivity contribution in [2.75, 3.05) is 6.61 Å². The Morgan fingerprint density at radius 1 is 0.939 bits per heavy atom. The molecule has 0 saturated heterocycles. The van der Waals surface area contributed by atoms with Gasteiger partial charge in [-0.25, -0.2) is 0 Å². The molecule has 0 aromatic heterocycles. The lowest BCUT2D eigenvalue weighted by Crippen LogP contribution is -2.59. The fraction of sp³-hybridized carbons (Fsp3) is 0.900. The van der Waals surface area contributed by atoms with Gasteiger partial charge >= 0.3 is 0 Å². The van der Waals surface area contributed by atoms with Gasteiger partial charge in [0.05, 0.1) is 12.7 Å². The predicted octanol–water partition coefficient (Wildman–Crippen LogP) is 6.32. The van der Waals surface area contributed by atoms with Crippen molar-refractivity contribution in [3.8, 4) is 0 Å². The standard InChI is InChI=1S/C30H48O3/c1-19(2)15-21(32)16-20(3)22-9-11-28(6)24-8-7-23-26(4,18-31)25(33)10-12-29(23)17-30(24,29)14-13-27(22,28)5/h15,20,22-25,31,33H,7-14,16-18H2,1-6H3/t20-,22-,23+,24+,25+,26+,27-,28+,29-,30+/m1/s1. The van der Waals surface area contributed by atoms with E-state index in [0.29, 0.717) is 51.6 Å². The summed E-state index contributed by atoms with van der Waals surface area (Å²) < 4.78 is 0. The molecule has 0 aliphatic heterocycles. The van der Waals surface area contributed by atoms with Crippen LogP contribution in [0.1, 0.15) is 106 Å². The van der Waals surface area contributed by atoms with Crippen molar-refractivity contribution in [2.24, 2.45) is 50.7 Å². The molecule has 0 heterocycles. The van der Waals surface area contributed by atoms with E-state index in [0.717, 1.165) is 24.3 Å². The lowest BCUT2D eigenvalue weighted by Gasteiger charge is -2.63. The Morgan fingerprint density at radius 2 is 1.61 bits per heavy atom. The topological polar surface area (TPSA) is 57.5 Å². The molecule has 5 rings (SSSR count). The molecular weight excluding hydrogens is 408 g/mol. The summed E-state index contributed by atoms with van der Waals surface area (Å²) in [6.07, 6.45) is 13.2. The third kappa shape index (κ3) is 2.90. The highest BCUT2D eigenvalue weighted by Crippen LogP contribution is 2.89. The predicted molar refractivity (Wildman–Crippen MR) is 133 cm³/mol. The van der Waals surface area contributed by atoms with Crippen LogP contribution >= 0.6 is 0 Å². The molecule has 0 aromatic carbocycles. The largest absolute Gasteiger partial charge is 0.396 e. The average molecular weight is 457 g/mol. The molecule has 2 spiro atoms. The maximum Gasteiger partial charge on any atom is 0.155 e. The Balaban J connectivity index is 1.42. The van der Waals surface area contributed by atoms with E-state index in [4.69, 9.17) is 0 Å². The molecule has 3 heteroatoms. The molecule has 10 atom stereocenters. The lowest BCUT2D eigenvalue weighted by atomic mass is 9.41. The van der Waals surface area contributed by atoms with Crippen LogP contribution in [0.2, 0.25) is 0 Å². The van der Waals surface area contributed by atoms with Crippen molar-refractivity contribution in [3.63, 3.8) is 0 Å². The minimum absolute atomic E-state index is 0.121. The van der Waals surface area contributed by atoms with Crippen LogP contribution in [0, 0.1) is 50.7 Å². The van der Waals surface area contributed by atoms with Crippen molar-refractivity contribution < 1.29 is 15.0 Å². The van der Waals surface area contributed by atoms with Crippen molar-refractivity contribution in [3.05, 3.63) is 11.6 Å². The van der Waals surface area contributed by atoms with Crippen LogP contribution in [0.4, 0.5) is 0 Å². The van der Waals surface area contributed by atoms with Gasteiger partial charge in [-0.05, 0) is 123 Å². The highest BCUT2D eigenvalue weighted by molar-refractivity contribution is 5.90. The van der Waals surface area contributed by atoms with Crippen LogP contribution < -0.4 is 0 Å². The number of ketones is 1. The fourth-order valence-corrected chi connectivity index (χ4v) is 11.2. The van der Waals surface area contributed by atoms with Crippen LogP contribution in [0.3, 0.4) is 0 Å². The number of hydrogen-bond acceptors (Lipinski definition) is 3. The van der Waals surface area contributed by atoms with Crippen LogP contribution in [-0.2, 0) is 4.79 Å². The Hall–Kier alpha value is -0.670. The lowest BCUT2D eigenvalue weighted by molar-refractivity contribution is -0.174. The third-order valence-corrected chi connectivity index (χ3v) is 13.0. The number of carbonyl (C=O) groups is 1. The van der Waals surface area contributed by atoms with Crippen LogP contribution in [0.25, 0.3) is 0 Å². The first-order chi connectivity index (χ1) is 15.4. The van der Waals surface area contributed by atoms with E-state index in [9.17, 15) is 15.0 Å². The molecule has 5 aliphatic rings. The summed E-state index contributed by atoms with van der Waals surface area (Å²) >= 11 is 0. The second kappa shape index (κ2) is 7.42. The van der Waals surface area contributed by atoms with E-state index >= 15 is 0 Å². The molecule has 186 valence electrons. The first-order valence-electron chi connectivity index (χ1n) is 13.9. The molecule has 5 fully saturated rings. The van der Waals surface area contributed by atoms with E-state index in [-0.39, 0.29) is 18.1 Å². The van der Waals surface area contributed by atoms with Crippen molar-refractivity contribution in [1.82, 2.24) is 0 Å². The second-order valence-electron chi connectivity index (χ2n) is 14.2. The summed E-state index contributed by atoms with van der Waals surface area (Å²) in [5, 5.41) is 21.2. The number of aliphatic hydroxyl groups excluding tert-OH is 2. The first-order valence-corrected chi connectivity index (χ1v) is 13.9. The van der Waals surface area contributed by atoms with Gasteiger partial charge in [-0.15, -0.1) is 0 Å². The number of aliphatic hydroxyl groups is 2. The zero-order chi connectivity index (χ0) is 24.0. The van der Waals surface area contributed by atoms with E-state index in [2.05, 4.69) is 27.7 Å². The van der Waals surface area contributed by atoms with Crippen molar-refractivity contribution in [1.29, 1.82) is 0 Å². The van der Waals surface area contributed by atoms with Gasteiger partial charge in [-0.3, -0.25) is 4.79 Å². The molecule has 0 radical (unpaired) electrons. The normalized spacial score (nSPS) is 53.2. The van der Waals surface area contributed by atoms with Gasteiger partial charge in [0, 0.05) is 11.8 Å². The van der Waals surface area contributed by atoms with E-state index in [1.807, 2.05) is 19.9 Å². The molecule has 5 saturated carbocycles. The summed E-state index contributed by atoms with van der Waals surface area (Å²) in [7, 11) is 0. The van der Waals surface area contributed by atoms with Gasteiger partial charge in [0.25, 0.3) is 0 Å². The molecule has 3 nitrogen and oxygen atoms in total. The Bertz CT molecular complexity index is 859. The zero-order valence-corrected chi connectivity index (χ0v) is 22.0. The Kier molecular flexibility index (Phi) is 5.40. The SMILES string of the molecule is CC(C)=CC(=O)C[C@@H](C)[C@H]1CC[C@@]2(C)[C@@H]3CC[C@H]4[C@](C)(CO)[C@@H](O)CC[C@@]45C[C@@]35CC[C@]12C. The summed E-state index contributed by atoms with van der Waals surface area (Å²) in [6.45, 7) is 13.9. The monoisotopic (exact) mass is 456 g/mol. The van der Waals surface area contributed by atoms with Gasteiger partial charge in [-0.2, -0.15) is 0 Å². The number of hydrogen-bond donors (Lipinski definition) is 2. The smallest absolute Gasteiger partial charge is 0.155 e. The number of rotatable bonds is 5. The highest BCUT2D eigenvalue weighted by Gasteiger charge is 2.82. The zero-order valence-electron chi connectivity index (χ0n) is 22.0.